The summed E-state index contributed by atoms with van der Waals surface area (Å²) in [7, 11) is 1.85. The lowest BCUT2D eigenvalue weighted by atomic mass is 9.97. The molecule has 0 aromatic heterocycles. The van der Waals surface area contributed by atoms with E-state index in [0.29, 0.717) is 18.4 Å². The van der Waals surface area contributed by atoms with Crippen molar-refractivity contribution in [2.24, 2.45) is 5.92 Å². The molecule has 86 valence electrons. The van der Waals surface area contributed by atoms with Gasteiger partial charge in [0.05, 0.1) is 0 Å². The number of hydrogen-bond donors (Lipinski definition) is 1. The maximum absolute atomic E-state index is 11.8. The highest BCUT2D eigenvalue weighted by molar-refractivity contribution is 8.00. The fraction of sp³-hybridized carbons (Fsp3) is 1.00. The SMILES string of the molecule is CCC(NC)C(C)CCSC(F)(F)F. The number of thioether (sulfide) groups is 1. The average molecular weight is 229 g/mol. The fourth-order valence-corrected chi connectivity index (χ4v) is 2.17. The second-order valence-electron chi connectivity index (χ2n) is 3.36. The van der Waals surface area contributed by atoms with Gasteiger partial charge in [0.25, 0.3) is 0 Å². The van der Waals surface area contributed by atoms with Crippen LogP contribution in [0.1, 0.15) is 26.7 Å². The Morgan fingerprint density at radius 3 is 2.29 bits per heavy atom. The molecule has 0 spiro atoms. The van der Waals surface area contributed by atoms with Crippen molar-refractivity contribution in [3.63, 3.8) is 0 Å². The van der Waals surface area contributed by atoms with Crippen molar-refractivity contribution in [1.29, 1.82) is 0 Å². The van der Waals surface area contributed by atoms with Crippen LogP contribution in [0.5, 0.6) is 0 Å². The predicted octanol–water partition coefficient (Wildman–Crippen LogP) is 3.26. The quantitative estimate of drug-likeness (QED) is 0.750. The Labute approximate surface area is 87.8 Å². The zero-order chi connectivity index (χ0) is 11.2. The van der Waals surface area contributed by atoms with Gasteiger partial charge in [-0.2, -0.15) is 13.2 Å². The molecule has 0 aliphatic heterocycles. The Hall–Kier alpha value is 0.100. The first-order valence-electron chi connectivity index (χ1n) is 4.78. The summed E-state index contributed by atoms with van der Waals surface area (Å²) in [5, 5.41) is 3.11. The van der Waals surface area contributed by atoms with Crippen LogP contribution in [0, 0.1) is 5.92 Å². The smallest absolute Gasteiger partial charge is 0.317 e. The molecule has 0 saturated heterocycles. The first-order chi connectivity index (χ1) is 6.40. The van der Waals surface area contributed by atoms with Crippen LogP contribution in [0.4, 0.5) is 13.2 Å². The number of hydrogen-bond acceptors (Lipinski definition) is 2. The van der Waals surface area contributed by atoms with Gasteiger partial charge in [0, 0.05) is 11.8 Å². The van der Waals surface area contributed by atoms with E-state index in [1.54, 1.807) is 0 Å². The molecule has 0 amide bonds. The minimum absolute atomic E-state index is 0.0725. The molecule has 2 unspecified atom stereocenters. The zero-order valence-corrected chi connectivity index (χ0v) is 9.63. The van der Waals surface area contributed by atoms with Crippen molar-refractivity contribution in [3.05, 3.63) is 0 Å². The van der Waals surface area contributed by atoms with Gasteiger partial charge in [-0.25, -0.2) is 0 Å². The number of alkyl halides is 3. The van der Waals surface area contributed by atoms with Gasteiger partial charge in [0.15, 0.2) is 0 Å². The van der Waals surface area contributed by atoms with Gasteiger partial charge < -0.3 is 5.32 Å². The van der Waals surface area contributed by atoms with E-state index in [-0.39, 0.29) is 17.5 Å². The highest BCUT2D eigenvalue weighted by Gasteiger charge is 2.28. The molecule has 2 atom stereocenters. The summed E-state index contributed by atoms with van der Waals surface area (Å²) in [6, 6.07) is 0.323. The third-order valence-corrected chi connectivity index (χ3v) is 3.10. The lowest BCUT2D eigenvalue weighted by Gasteiger charge is -2.21. The van der Waals surface area contributed by atoms with Crippen molar-refractivity contribution in [3.8, 4) is 0 Å². The Kier molecular flexibility index (Phi) is 6.61. The van der Waals surface area contributed by atoms with E-state index in [0.717, 1.165) is 6.42 Å². The van der Waals surface area contributed by atoms with E-state index in [2.05, 4.69) is 5.32 Å². The van der Waals surface area contributed by atoms with Gasteiger partial charge >= 0.3 is 5.51 Å². The average Bonchev–Trinajstić information content (AvgIpc) is 2.04. The molecule has 1 nitrogen and oxygen atoms in total. The monoisotopic (exact) mass is 229 g/mol. The van der Waals surface area contributed by atoms with E-state index in [9.17, 15) is 13.2 Å². The molecule has 0 aliphatic carbocycles. The highest BCUT2D eigenvalue weighted by Crippen LogP contribution is 2.31. The van der Waals surface area contributed by atoms with E-state index in [1.165, 1.54) is 0 Å². The standard InChI is InChI=1S/C9H18F3NS/c1-4-8(13-3)7(2)5-6-14-9(10,11)12/h7-8,13H,4-6H2,1-3H3. The lowest BCUT2D eigenvalue weighted by Crippen LogP contribution is -2.31. The van der Waals surface area contributed by atoms with Crippen molar-refractivity contribution >= 4 is 11.8 Å². The molecule has 0 saturated carbocycles. The second kappa shape index (κ2) is 6.56. The second-order valence-corrected chi connectivity index (χ2v) is 4.52. The van der Waals surface area contributed by atoms with Crippen LogP contribution >= 0.6 is 11.8 Å². The molecule has 0 aromatic carbocycles. The van der Waals surface area contributed by atoms with Gasteiger partial charge in [-0.3, -0.25) is 0 Å². The Morgan fingerprint density at radius 1 is 1.36 bits per heavy atom. The van der Waals surface area contributed by atoms with Gasteiger partial charge in [0.1, 0.15) is 0 Å². The van der Waals surface area contributed by atoms with Crippen LogP contribution in [0.25, 0.3) is 0 Å². The summed E-state index contributed by atoms with van der Waals surface area (Å²) in [5.41, 5.74) is -4.08. The minimum atomic E-state index is -4.08. The van der Waals surface area contributed by atoms with Crippen LogP contribution in [-0.2, 0) is 0 Å². The Balaban J connectivity index is 3.67. The molecule has 0 aliphatic rings. The van der Waals surface area contributed by atoms with Crippen LogP contribution in [0.15, 0.2) is 0 Å². The molecular formula is C9H18F3NS. The van der Waals surface area contributed by atoms with E-state index in [4.69, 9.17) is 0 Å². The largest absolute Gasteiger partial charge is 0.441 e. The summed E-state index contributed by atoms with van der Waals surface area (Å²) < 4.78 is 35.5. The molecule has 0 radical (unpaired) electrons. The summed E-state index contributed by atoms with van der Waals surface area (Å²) in [5.74, 6) is 0.447. The van der Waals surface area contributed by atoms with Crippen LogP contribution < -0.4 is 5.32 Å². The van der Waals surface area contributed by atoms with Gasteiger partial charge in [-0.1, -0.05) is 25.6 Å². The molecule has 5 heteroatoms. The number of nitrogens with one attached hydrogen (secondary N) is 1. The maximum atomic E-state index is 11.8. The van der Waals surface area contributed by atoms with E-state index < -0.39 is 5.51 Å². The summed E-state index contributed by atoms with van der Waals surface area (Å²) in [6.07, 6.45) is 1.55. The normalized spacial score (nSPS) is 16.7. The van der Waals surface area contributed by atoms with Crippen LogP contribution in [0.2, 0.25) is 0 Å². The Bertz CT molecular complexity index is 145. The molecule has 0 fully saturated rings. The van der Waals surface area contributed by atoms with Crippen molar-refractivity contribution in [2.75, 3.05) is 12.8 Å². The first-order valence-corrected chi connectivity index (χ1v) is 5.77. The molecule has 0 aromatic rings. The molecule has 0 rings (SSSR count). The third-order valence-electron chi connectivity index (χ3n) is 2.34. The van der Waals surface area contributed by atoms with Gasteiger partial charge in [-0.15, -0.1) is 0 Å². The highest BCUT2D eigenvalue weighted by atomic mass is 32.2. The molecular weight excluding hydrogens is 211 g/mol. The summed E-state index contributed by atoms with van der Waals surface area (Å²) >= 11 is 0.0725. The number of halogens is 3. The molecule has 0 bridgehead atoms. The fourth-order valence-electron chi connectivity index (χ4n) is 1.45. The number of rotatable bonds is 6. The lowest BCUT2D eigenvalue weighted by molar-refractivity contribution is -0.0328. The minimum Gasteiger partial charge on any atom is -0.317 e. The predicted molar refractivity (Wildman–Crippen MR) is 55.4 cm³/mol. The van der Waals surface area contributed by atoms with Crippen molar-refractivity contribution < 1.29 is 13.2 Å². The summed E-state index contributed by atoms with van der Waals surface area (Å²) in [4.78, 5) is 0. The Morgan fingerprint density at radius 2 is 1.93 bits per heavy atom. The van der Waals surface area contributed by atoms with E-state index >= 15 is 0 Å². The van der Waals surface area contributed by atoms with Gasteiger partial charge in [-0.05, 0) is 25.8 Å². The van der Waals surface area contributed by atoms with Crippen LogP contribution in [0.3, 0.4) is 0 Å². The zero-order valence-electron chi connectivity index (χ0n) is 8.82. The third kappa shape index (κ3) is 6.54. The van der Waals surface area contributed by atoms with Crippen molar-refractivity contribution in [1.82, 2.24) is 5.32 Å². The topological polar surface area (TPSA) is 12.0 Å². The van der Waals surface area contributed by atoms with Crippen molar-refractivity contribution in [2.45, 2.75) is 38.2 Å². The van der Waals surface area contributed by atoms with E-state index in [1.807, 2.05) is 20.9 Å². The molecule has 14 heavy (non-hydrogen) atoms. The maximum Gasteiger partial charge on any atom is 0.441 e. The first kappa shape index (κ1) is 14.1. The van der Waals surface area contributed by atoms with Crippen LogP contribution in [-0.4, -0.2) is 24.4 Å². The molecule has 0 heterocycles. The van der Waals surface area contributed by atoms with Gasteiger partial charge in [0.2, 0.25) is 0 Å². The molecule has 1 N–H and O–H groups in total. The summed E-state index contributed by atoms with van der Waals surface area (Å²) in [6.45, 7) is 4.02.